The molecule has 0 spiro atoms. The molecule has 0 unspecified atom stereocenters. The lowest BCUT2D eigenvalue weighted by atomic mass is 10.0. The van der Waals surface area contributed by atoms with E-state index in [1.165, 1.54) is 49.0 Å². The van der Waals surface area contributed by atoms with Crippen LogP contribution < -0.4 is 5.32 Å². The van der Waals surface area contributed by atoms with Gasteiger partial charge in [0.25, 0.3) is 0 Å². The van der Waals surface area contributed by atoms with Crippen molar-refractivity contribution in [2.75, 3.05) is 5.32 Å². The first-order valence-electron chi connectivity index (χ1n) is 9.96. The zero-order valence-electron chi connectivity index (χ0n) is 16.4. The zero-order chi connectivity index (χ0) is 18.8. The lowest BCUT2D eigenvalue weighted by molar-refractivity contribution is -0.116. The molecule has 0 saturated carbocycles. The Kier molecular flexibility index (Phi) is 8.82. The fourth-order valence-electron chi connectivity index (χ4n) is 2.93. The van der Waals surface area contributed by atoms with Gasteiger partial charge in [-0.25, -0.2) is 4.98 Å². The van der Waals surface area contributed by atoms with E-state index in [1.807, 2.05) is 5.38 Å². The van der Waals surface area contributed by atoms with Crippen LogP contribution in [0.3, 0.4) is 0 Å². The molecule has 26 heavy (non-hydrogen) atoms. The van der Waals surface area contributed by atoms with Crippen molar-refractivity contribution in [1.82, 2.24) is 4.98 Å². The molecule has 1 aromatic carbocycles. The summed E-state index contributed by atoms with van der Waals surface area (Å²) in [5.41, 5.74) is 3.35. The second-order valence-electron chi connectivity index (χ2n) is 7.23. The SMILES string of the molecule is CCCCCCCCCC(=O)Nc1nc(-c2ccc(C(C)C)cc2)cs1. The highest BCUT2D eigenvalue weighted by atomic mass is 32.1. The lowest BCUT2D eigenvalue weighted by Gasteiger charge is -2.05. The molecule has 0 fully saturated rings. The number of thiazole rings is 1. The van der Waals surface area contributed by atoms with Gasteiger partial charge in [0.05, 0.1) is 5.69 Å². The quantitative estimate of drug-likeness (QED) is 0.431. The van der Waals surface area contributed by atoms with Crippen molar-refractivity contribution < 1.29 is 4.79 Å². The molecule has 0 aliphatic heterocycles. The topological polar surface area (TPSA) is 42.0 Å². The van der Waals surface area contributed by atoms with Gasteiger partial charge in [-0.3, -0.25) is 4.79 Å². The van der Waals surface area contributed by atoms with Crippen LogP contribution in [0, 0.1) is 0 Å². The molecule has 1 N–H and O–H groups in total. The Morgan fingerprint density at radius 2 is 1.69 bits per heavy atom. The molecule has 3 nitrogen and oxygen atoms in total. The molecule has 1 heterocycles. The number of rotatable bonds is 11. The fourth-order valence-corrected chi connectivity index (χ4v) is 3.66. The number of benzene rings is 1. The largest absolute Gasteiger partial charge is 0.302 e. The predicted octanol–water partition coefficient (Wildman–Crippen LogP) is 7.01. The molecule has 0 bridgehead atoms. The van der Waals surface area contributed by atoms with E-state index in [4.69, 9.17) is 0 Å². The normalized spacial score (nSPS) is 11.1. The molecule has 1 amide bonds. The predicted molar refractivity (Wildman–Crippen MR) is 113 cm³/mol. The van der Waals surface area contributed by atoms with Crippen LogP contribution in [-0.2, 0) is 4.79 Å². The van der Waals surface area contributed by atoms with E-state index in [9.17, 15) is 4.79 Å². The summed E-state index contributed by atoms with van der Waals surface area (Å²) in [6.07, 6.45) is 9.15. The van der Waals surface area contributed by atoms with Gasteiger partial charge >= 0.3 is 0 Å². The third-order valence-corrected chi connectivity index (χ3v) is 5.39. The van der Waals surface area contributed by atoms with E-state index < -0.39 is 0 Å². The minimum absolute atomic E-state index is 0.0783. The molecule has 4 heteroatoms. The van der Waals surface area contributed by atoms with E-state index in [1.54, 1.807) is 0 Å². The maximum atomic E-state index is 12.1. The Labute approximate surface area is 162 Å². The van der Waals surface area contributed by atoms with Gasteiger partial charge in [0.1, 0.15) is 0 Å². The molecule has 142 valence electrons. The number of aromatic nitrogens is 1. The van der Waals surface area contributed by atoms with Crippen LogP contribution in [0.4, 0.5) is 5.13 Å². The first-order valence-corrected chi connectivity index (χ1v) is 10.8. The maximum absolute atomic E-state index is 12.1. The van der Waals surface area contributed by atoms with Gasteiger partial charge < -0.3 is 5.32 Å². The second-order valence-corrected chi connectivity index (χ2v) is 8.09. The molecule has 1 aromatic heterocycles. The third-order valence-electron chi connectivity index (χ3n) is 4.63. The summed E-state index contributed by atoms with van der Waals surface area (Å²) in [6.45, 7) is 6.61. The van der Waals surface area contributed by atoms with Crippen LogP contribution >= 0.6 is 11.3 Å². The van der Waals surface area contributed by atoms with Crippen LogP contribution in [0.5, 0.6) is 0 Å². The highest BCUT2D eigenvalue weighted by Gasteiger charge is 2.08. The molecule has 0 atom stereocenters. The first kappa shape index (κ1) is 20.6. The number of amides is 1. The highest BCUT2D eigenvalue weighted by Crippen LogP contribution is 2.26. The van der Waals surface area contributed by atoms with Gasteiger partial charge in [-0.15, -0.1) is 11.3 Å². The summed E-state index contributed by atoms with van der Waals surface area (Å²) in [5.74, 6) is 0.607. The van der Waals surface area contributed by atoms with Crippen LogP contribution in [0.1, 0.15) is 83.6 Å². The first-order chi connectivity index (χ1) is 12.6. The summed E-state index contributed by atoms with van der Waals surface area (Å²) >= 11 is 1.49. The van der Waals surface area contributed by atoms with Gasteiger partial charge in [-0.05, 0) is 17.9 Å². The number of hydrogen-bond donors (Lipinski definition) is 1. The van der Waals surface area contributed by atoms with Crippen LogP contribution in [-0.4, -0.2) is 10.9 Å². The number of carbonyl (C=O) groups is 1. The number of nitrogens with zero attached hydrogens (tertiary/aromatic N) is 1. The second kappa shape index (κ2) is 11.1. The zero-order valence-corrected chi connectivity index (χ0v) is 17.2. The minimum Gasteiger partial charge on any atom is -0.302 e. The van der Waals surface area contributed by atoms with Crippen LogP contribution in [0.25, 0.3) is 11.3 Å². The number of nitrogens with one attached hydrogen (secondary N) is 1. The van der Waals surface area contributed by atoms with E-state index in [0.29, 0.717) is 17.5 Å². The van der Waals surface area contributed by atoms with E-state index >= 15 is 0 Å². The Morgan fingerprint density at radius 1 is 1.04 bits per heavy atom. The number of hydrogen-bond acceptors (Lipinski definition) is 3. The summed E-state index contributed by atoms with van der Waals surface area (Å²) in [6, 6.07) is 8.51. The number of anilines is 1. The molecular weight excluding hydrogens is 340 g/mol. The molecule has 0 saturated heterocycles. The molecule has 0 radical (unpaired) electrons. The lowest BCUT2D eigenvalue weighted by Crippen LogP contribution is -2.10. The summed E-state index contributed by atoms with van der Waals surface area (Å²) in [5, 5.41) is 5.64. The van der Waals surface area contributed by atoms with Gasteiger partial charge in [0.15, 0.2) is 5.13 Å². The monoisotopic (exact) mass is 372 g/mol. The van der Waals surface area contributed by atoms with Gasteiger partial charge in [-0.1, -0.05) is 83.6 Å². The summed E-state index contributed by atoms with van der Waals surface area (Å²) < 4.78 is 0. The fraction of sp³-hybridized carbons (Fsp3) is 0.545. The number of carbonyl (C=O) groups excluding carboxylic acids is 1. The average molecular weight is 373 g/mol. The Morgan fingerprint density at radius 3 is 2.35 bits per heavy atom. The van der Waals surface area contributed by atoms with Gasteiger partial charge in [-0.2, -0.15) is 0 Å². The Balaban J connectivity index is 1.74. The standard InChI is InChI=1S/C22H32N2OS/c1-4-5-6-7-8-9-10-11-21(25)24-22-23-20(16-26-22)19-14-12-18(13-15-19)17(2)3/h12-17H,4-11H2,1-3H3,(H,23,24,25). The van der Waals surface area contributed by atoms with E-state index in [0.717, 1.165) is 24.1 Å². The Hall–Kier alpha value is -1.68. The van der Waals surface area contributed by atoms with Crippen LogP contribution in [0.15, 0.2) is 29.6 Å². The molecule has 0 aliphatic rings. The summed E-state index contributed by atoms with van der Waals surface area (Å²) in [4.78, 5) is 16.6. The van der Waals surface area contributed by atoms with E-state index in [2.05, 4.69) is 55.3 Å². The van der Waals surface area contributed by atoms with Crippen molar-refractivity contribution in [2.24, 2.45) is 0 Å². The highest BCUT2D eigenvalue weighted by molar-refractivity contribution is 7.14. The van der Waals surface area contributed by atoms with Crippen molar-refractivity contribution in [1.29, 1.82) is 0 Å². The molecular formula is C22H32N2OS. The van der Waals surface area contributed by atoms with Crippen molar-refractivity contribution in [2.45, 2.75) is 78.1 Å². The van der Waals surface area contributed by atoms with Gasteiger partial charge in [0.2, 0.25) is 5.91 Å². The van der Waals surface area contributed by atoms with Crippen molar-refractivity contribution >= 4 is 22.4 Å². The van der Waals surface area contributed by atoms with E-state index in [-0.39, 0.29) is 5.91 Å². The minimum atomic E-state index is 0.0783. The third kappa shape index (κ3) is 6.91. The maximum Gasteiger partial charge on any atom is 0.226 e. The van der Waals surface area contributed by atoms with Crippen molar-refractivity contribution in [3.05, 3.63) is 35.2 Å². The number of unbranched alkanes of at least 4 members (excludes halogenated alkanes) is 6. The average Bonchev–Trinajstić information content (AvgIpc) is 3.09. The molecule has 2 aromatic rings. The smallest absolute Gasteiger partial charge is 0.226 e. The van der Waals surface area contributed by atoms with Crippen molar-refractivity contribution in [3.63, 3.8) is 0 Å². The van der Waals surface area contributed by atoms with Gasteiger partial charge in [0, 0.05) is 17.4 Å². The molecule has 2 rings (SSSR count). The Bertz CT molecular complexity index is 661. The van der Waals surface area contributed by atoms with Crippen LogP contribution in [0.2, 0.25) is 0 Å². The molecule has 0 aliphatic carbocycles. The summed E-state index contributed by atoms with van der Waals surface area (Å²) in [7, 11) is 0. The van der Waals surface area contributed by atoms with Crippen molar-refractivity contribution in [3.8, 4) is 11.3 Å².